The molecular weight excluding hydrogens is 350 g/mol. The lowest BCUT2D eigenvalue weighted by molar-refractivity contribution is -0.118. The van der Waals surface area contributed by atoms with Crippen LogP contribution in [0.3, 0.4) is 0 Å². The van der Waals surface area contributed by atoms with Gasteiger partial charge in [0.15, 0.2) is 5.84 Å². The zero-order chi connectivity index (χ0) is 18.3. The Morgan fingerprint density at radius 2 is 1.88 bits per heavy atom. The highest BCUT2D eigenvalue weighted by Crippen LogP contribution is 2.29. The topological polar surface area (TPSA) is 70.1 Å². The van der Waals surface area contributed by atoms with E-state index in [0.717, 1.165) is 18.5 Å². The fourth-order valence-corrected chi connectivity index (χ4v) is 4.77. The largest absolute Gasteiger partial charge is 0.349 e. The standard InChI is InChI=1S/C19H19N3O3S/c1-21(19-15-9-3-5-11-17(15)26(24,25)20-19)13-18(23)22-12-6-8-14-7-2-4-10-16(14)22/h2-5,7,9-11H,6,8,12-13H2,1H3. The van der Waals surface area contributed by atoms with E-state index in [1.807, 2.05) is 24.3 Å². The van der Waals surface area contributed by atoms with E-state index in [0.29, 0.717) is 17.9 Å². The van der Waals surface area contributed by atoms with Crippen LogP contribution in [-0.4, -0.2) is 45.2 Å². The fourth-order valence-electron chi connectivity index (χ4n) is 3.52. The summed E-state index contributed by atoms with van der Waals surface area (Å²) in [5, 5.41) is 0. The van der Waals surface area contributed by atoms with Crippen LogP contribution in [0.2, 0.25) is 0 Å². The summed E-state index contributed by atoms with van der Waals surface area (Å²) in [5.41, 5.74) is 2.65. The van der Waals surface area contributed by atoms with Crippen LogP contribution in [0.4, 0.5) is 5.69 Å². The van der Waals surface area contributed by atoms with Crippen LogP contribution in [0, 0.1) is 0 Å². The van der Waals surface area contributed by atoms with Gasteiger partial charge in [-0.15, -0.1) is 4.40 Å². The van der Waals surface area contributed by atoms with E-state index < -0.39 is 10.0 Å². The van der Waals surface area contributed by atoms with Crippen LogP contribution in [0.15, 0.2) is 57.8 Å². The van der Waals surface area contributed by atoms with Crippen molar-refractivity contribution in [1.82, 2.24) is 4.90 Å². The third-order valence-electron chi connectivity index (χ3n) is 4.76. The van der Waals surface area contributed by atoms with Crippen molar-refractivity contribution in [1.29, 1.82) is 0 Å². The molecule has 2 aromatic carbocycles. The Bertz CT molecular complexity index is 1010. The SMILES string of the molecule is CN(CC(=O)N1CCCc2ccccc21)C1=NS(=O)(=O)c2ccccc21. The second kappa shape index (κ2) is 6.25. The molecule has 0 spiro atoms. The maximum atomic E-state index is 12.9. The Balaban J connectivity index is 1.59. The summed E-state index contributed by atoms with van der Waals surface area (Å²) in [5.74, 6) is 0.253. The quantitative estimate of drug-likeness (QED) is 0.812. The molecule has 0 saturated heterocycles. The molecule has 0 fully saturated rings. The lowest BCUT2D eigenvalue weighted by Crippen LogP contribution is -2.43. The maximum Gasteiger partial charge on any atom is 0.285 e. The minimum Gasteiger partial charge on any atom is -0.349 e. The van der Waals surface area contributed by atoms with Crippen molar-refractivity contribution >= 4 is 27.5 Å². The number of carbonyl (C=O) groups is 1. The number of benzene rings is 2. The number of para-hydroxylation sites is 1. The second-order valence-corrected chi connectivity index (χ2v) is 8.09. The van der Waals surface area contributed by atoms with Gasteiger partial charge in [-0.3, -0.25) is 4.79 Å². The zero-order valence-corrected chi connectivity index (χ0v) is 15.2. The minimum atomic E-state index is -3.69. The third-order valence-corrected chi connectivity index (χ3v) is 6.08. The predicted octanol–water partition coefficient (Wildman–Crippen LogP) is 2.05. The minimum absolute atomic E-state index is 0.0656. The first-order valence-electron chi connectivity index (χ1n) is 8.51. The van der Waals surface area contributed by atoms with Crippen LogP contribution in [-0.2, 0) is 21.2 Å². The van der Waals surface area contributed by atoms with Crippen LogP contribution in [0.1, 0.15) is 17.5 Å². The van der Waals surface area contributed by atoms with Gasteiger partial charge in [0.05, 0.1) is 6.54 Å². The smallest absolute Gasteiger partial charge is 0.285 e. The Hall–Kier alpha value is -2.67. The summed E-state index contributed by atoms with van der Waals surface area (Å²) in [6, 6.07) is 14.6. The normalized spacial score (nSPS) is 17.3. The Labute approximate surface area is 152 Å². The van der Waals surface area contributed by atoms with Gasteiger partial charge >= 0.3 is 0 Å². The molecule has 1 amide bonds. The second-order valence-electron chi connectivity index (χ2n) is 6.52. The molecule has 7 heteroatoms. The lowest BCUT2D eigenvalue weighted by atomic mass is 10.0. The summed E-state index contributed by atoms with van der Waals surface area (Å²) < 4.78 is 28.3. The summed E-state index contributed by atoms with van der Waals surface area (Å²) in [6.45, 7) is 0.738. The summed E-state index contributed by atoms with van der Waals surface area (Å²) in [4.78, 5) is 16.5. The molecule has 0 radical (unpaired) electrons. The zero-order valence-electron chi connectivity index (χ0n) is 14.4. The van der Waals surface area contributed by atoms with Gasteiger partial charge in [0, 0.05) is 24.8 Å². The number of sulfonamides is 1. The molecule has 0 aromatic heterocycles. The van der Waals surface area contributed by atoms with Gasteiger partial charge in [-0.1, -0.05) is 30.3 Å². The van der Waals surface area contributed by atoms with Gasteiger partial charge in [-0.2, -0.15) is 8.42 Å². The van der Waals surface area contributed by atoms with E-state index in [-0.39, 0.29) is 17.3 Å². The monoisotopic (exact) mass is 369 g/mol. The number of fused-ring (bicyclic) bond motifs is 2. The van der Waals surface area contributed by atoms with Crippen molar-refractivity contribution in [2.24, 2.45) is 4.40 Å². The number of hydrogen-bond donors (Lipinski definition) is 0. The van der Waals surface area contributed by atoms with Gasteiger partial charge in [-0.05, 0) is 36.6 Å². The summed E-state index contributed by atoms with van der Waals surface area (Å²) in [7, 11) is -1.99. The van der Waals surface area contributed by atoms with Crippen LogP contribution in [0.5, 0.6) is 0 Å². The molecule has 4 rings (SSSR count). The van der Waals surface area contributed by atoms with E-state index in [9.17, 15) is 13.2 Å². The number of hydrogen-bond acceptors (Lipinski definition) is 4. The average molecular weight is 369 g/mol. The molecule has 26 heavy (non-hydrogen) atoms. The molecule has 0 N–H and O–H groups in total. The van der Waals surface area contributed by atoms with Crippen LogP contribution < -0.4 is 4.90 Å². The van der Waals surface area contributed by atoms with Crippen molar-refractivity contribution in [3.8, 4) is 0 Å². The predicted molar refractivity (Wildman–Crippen MR) is 99.9 cm³/mol. The number of amides is 1. The third kappa shape index (κ3) is 2.78. The Morgan fingerprint density at radius 3 is 2.73 bits per heavy atom. The number of likely N-dealkylation sites (N-methyl/N-ethyl adjacent to an activating group) is 1. The van der Waals surface area contributed by atoms with Crippen molar-refractivity contribution < 1.29 is 13.2 Å². The van der Waals surface area contributed by atoms with E-state index >= 15 is 0 Å². The summed E-state index contributed by atoms with van der Waals surface area (Å²) >= 11 is 0. The molecule has 134 valence electrons. The molecule has 0 unspecified atom stereocenters. The molecular formula is C19H19N3O3S. The first-order valence-corrected chi connectivity index (χ1v) is 9.95. The van der Waals surface area contributed by atoms with Crippen molar-refractivity contribution in [2.45, 2.75) is 17.7 Å². The highest BCUT2D eigenvalue weighted by Gasteiger charge is 2.32. The maximum absolute atomic E-state index is 12.9. The first-order chi connectivity index (χ1) is 12.5. The van der Waals surface area contributed by atoms with Crippen LogP contribution >= 0.6 is 0 Å². The highest BCUT2D eigenvalue weighted by molar-refractivity contribution is 7.90. The number of carbonyl (C=O) groups excluding carboxylic acids is 1. The highest BCUT2D eigenvalue weighted by atomic mass is 32.2. The first kappa shape index (κ1) is 16.8. The van der Waals surface area contributed by atoms with Crippen molar-refractivity contribution in [3.63, 3.8) is 0 Å². The molecule has 0 atom stereocenters. The number of rotatable bonds is 2. The number of amidine groups is 1. The number of nitrogens with zero attached hydrogens (tertiary/aromatic N) is 3. The van der Waals surface area contributed by atoms with Gasteiger partial charge in [0.25, 0.3) is 10.0 Å². The van der Waals surface area contributed by atoms with Gasteiger partial charge in [-0.25, -0.2) is 0 Å². The molecule has 6 nitrogen and oxygen atoms in total. The lowest BCUT2D eigenvalue weighted by Gasteiger charge is -2.31. The summed E-state index contributed by atoms with van der Waals surface area (Å²) in [6.07, 6.45) is 1.89. The number of anilines is 1. The number of aryl methyl sites for hydroxylation is 1. The van der Waals surface area contributed by atoms with E-state index in [1.54, 1.807) is 35.0 Å². The Kier molecular flexibility index (Phi) is 4.03. The molecule has 2 aromatic rings. The molecule has 0 aliphatic carbocycles. The van der Waals surface area contributed by atoms with Gasteiger partial charge in [0.2, 0.25) is 5.91 Å². The van der Waals surface area contributed by atoms with E-state index in [4.69, 9.17) is 0 Å². The van der Waals surface area contributed by atoms with Crippen molar-refractivity contribution in [2.75, 3.05) is 25.0 Å². The molecule has 0 bridgehead atoms. The van der Waals surface area contributed by atoms with Crippen molar-refractivity contribution in [3.05, 3.63) is 59.7 Å². The molecule has 2 aliphatic heterocycles. The van der Waals surface area contributed by atoms with Crippen LogP contribution in [0.25, 0.3) is 0 Å². The fraction of sp³-hybridized carbons (Fsp3) is 0.263. The van der Waals surface area contributed by atoms with E-state index in [2.05, 4.69) is 4.40 Å². The van der Waals surface area contributed by atoms with Gasteiger partial charge < -0.3 is 9.80 Å². The average Bonchev–Trinajstić information content (AvgIpc) is 2.93. The molecule has 2 heterocycles. The van der Waals surface area contributed by atoms with Gasteiger partial charge in [0.1, 0.15) is 4.90 Å². The van der Waals surface area contributed by atoms with E-state index in [1.165, 1.54) is 11.6 Å². The Morgan fingerprint density at radius 1 is 1.15 bits per heavy atom. The molecule has 0 saturated carbocycles. The molecule has 2 aliphatic rings.